The predicted octanol–water partition coefficient (Wildman–Crippen LogP) is 1.77. The average Bonchev–Trinajstić information content (AvgIpc) is 2.06. The van der Waals surface area contributed by atoms with Crippen LogP contribution in [0, 0.1) is 6.92 Å². The van der Waals surface area contributed by atoms with Gasteiger partial charge in [0.15, 0.2) is 11.5 Å². The van der Waals surface area contributed by atoms with Crippen molar-refractivity contribution < 1.29 is 9.47 Å². The van der Waals surface area contributed by atoms with E-state index in [1.54, 1.807) is 0 Å². The Balaban J connectivity index is 2.49. The minimum atomic E-state index is 0.663. The third kappa shape index (κ3) is 1.04. The van der Waals surface area contributed by atoms with E-state index >= 15 is 0 Å². The largest absolute Gasteiger partial charge is 0.486 e. The number of ether oxygens (including phenoxy) is 2. The molecule has 58 valence electrons. The van der Waals surface area contributed by atoms with Crippen LogP contribution in [-0.2, 0) is 0 Å². The van der Waals surface area contributed by atoms with Crippen LogP contribution in [0.2, 0.25) is 0 Å². The highest BCUT2D eigenvalue weighted by Crippen LogP contribution is 2.32. The minimum Gasteiger partial charge on any atom is -0.486 e. The standard InChI is InChI=1S/C9H10O2/c1-7-3-2-4-8-9(7)11-6-5-10-8/h2-4H,5-6H2,1H3. The Labute approximate surface area is 65.7 Å². The van der Waals surface area contributed by atoms with Gasteiger partial charge in [-0.25, -0.2) is 0 Å². The van der Waals surface area contributed by atoms with Crippen molar-refractivity contribution in [3.63, 3.8) is 0 Å². The topological polar surface area (TPSA) is 18.5 Å². The second-order valence-corrected chi connectivity index (χ2v) is 2.60. The summed E-state index contributed by atoms with van der Waals surface area (Å²) in [7, 11) is 0. The molecule has 0 saturated heterocycles. The van der Waals surface area contributed by atoms with Gasteiger partial charge in [-0.1, -0.05) is 12.1 Å². The first kappa shape index (κ1) is 6.53. The quantitative estimate of drug-likeness (QED) is 0.561. The summed E-state index contributed by atoms with van der Waals surface area (Å²) in [5.74, 6) is 1.77. The van der Waals surface area contributed by atoms with Crippen LogP contribution in [0.3, 0.4) is 0 Å². The number of rotatable bonds is 0. The van der Waals surface area contributed by atoms with Crippen LogP contribution >= 0.6 is 0 Å². The molecule has 1 aliphatic rings. The van der Waals surface area contributed by atoms with E-state index in [1.807, 2.05) is 25.1 Å². The highest BCUT2D eigenvalue weighted by Gasteiger charge is 2.11. The molecule has 0 fully saturated rings. The lowest BCUT2D eigenvalue weighted by molar-refractivity contribution is 0.170. The van der Waals surface area contributed by atoms with E-state index in [0.29, 0.717) is 13.2 Å². The van der Waals surface area contributed by atoms with E-state index in [1.165, 1.54) is 0 Å². The average molecular weight is 150 g/mol. The van der Waals surface area contributed by atoms with Crippen molar-refractivity contribution in [2.45, 2.75) is 6.92 Å². The molecule has 0 atom stereocenters. The Hall–Kier alpha value is -1.18. The van der Waals surface area contributed by atoms with Crippen LogP contribution in [0.15, 0.2) is 18.2 Å². The molecule has 11 heavy (non-hydrogen) atoms. The van der Waals surface area contributed by atoms with Crippen molar-refractivity contribution >= 4 is 0 Å². The highest BCUT2D eigenvalue weighted by molar-refractivity contribution is 5.46. The molecule has 0 saturated carbocycles. The molecular weight excluding hydrogens is 140 g/mol. The lowest BCUT2D eigenvalue weighted by atomic mass is 10.2. The minimum absolute atomic E-state index is 0.663. The van der Waals surface area contributed by atoms with Crippen molar-refractivity contribution in [2.24, 2.45) is 0 Å². The van der Waals surface area contributed by atoms with E-state index < -0.39 is 0 Å². The number of benzene rings is 1. The van der Waals surface area contributed by atoms with Gasteiger partial charge in [-0.2, -0.15) is 0 Å². The molecule has 0 bridgehead atoms. The maximum absolute atomic E-state index is 5.43. The number of hydrogen-bond acceptors (Lipinski definition) is 2. The summed E-state index contributed by atoms with van der Waals surface area (Å²) >= 11 is 0. The van der Waals surface area contributed by atoms with Crippen LogP contribution in [-0.4, -0.2) is 13.2 Å². The molecule has 1 aliphatic heterocycles. The Morgan fingerprint density at radius 2 is 2.00 bits per heavy atom. The van der Waals surface area contributed by atoms with Gasteiger partial charge in [0.05, 0.1) is 0 Å². The van der Waals surface area contributed by atoms with E-state index in [-0.39, 0.29) is 0 Å². The maximum atomic E-state index is 5.43. The fourth-order valence-corrected chi connectivity index (χ4v) is 1.22. The zero-order valence-electron chi connectivity index (χ0n) is 6.46. The fourth-order valence-electron chi connectivity index (χ4n) is 1.22. The lowest BCUT2D eigenvalue weighted by Gasteiger charge is -2.19. The Kier molecular flexibility index (Phi) is 1.46. The second-order valence-electron chi connectivity index (χ2n) is 2.60. The first-order chi connectivity index (χ1) is 5.38. The van der Waals surface area contributed by atoms with Crippen molar-refractivity contribution in [1.82, 2.24) is 0 Å². The van der Waals surface area contributed by atoms with E-state index in [0.717, 1.165) is 17.1 Å². The Morgan fingerprint density at radius 1 is 1.18 bits per heavy atom. The predicted molar refractivity (Wildman–Crippen MR) is 42.2 cm³/mol. The molecule has 0 aliphatic carbocycles. The summed E-state index contributed by atoms with van der Waals surface area (Å²) in [6.45, 7) is 3.35. The first-order valence-electron chi connectivity index (χ1n) is 3.73. The van der Waals surface area contributed by atoms with Crippen LogP contribution in [0.5, 0.6) is 11.5 Å². The van der Waals surface area contributed by atoms with Crippen molar-refractivity contribution in [1.29, 1.82) is 0 Å². The number of hydrogen-bond donors (Lipinski definition) is 0. The summed E-state index contributed by atoms with van der Waals surface area (Å²) < 4.78 is 10.8. The van der Waals surface area contributed by atoms with Gasteiger partial charge in [-0.05, 0) is 18.6 Å². The van der Waals surface area contributed by atoms with Gasteiger partial charge < -0.3 is 9.47 Å². The van der Waals surface area contributed by atoms with E-state index in [2.05, 4.69) is 0 Å². The second kappa shape index (κ2) is 2.46. The van der Waals surface area contributed by atoms with Crippen LogP contribution in [0.1, 0.15) is 5.56 Å². The lowest BCUT2D eigenvalue weighted by Crippen LogP contribution is -2.15. The summed E-state index contributed by atoms with van der Waals surface area (Å²) in [5.41, 5.74) is 1.14. The fraction of sp³-hybridized carbons (Fsp3) is 0.333. The molecule has 2 nitrogen and oxygen atoms in total. The third-order valence-electron chi connectivity index (χ3n) is 1.76. The van der Waals surface area contributed by atoms with Gasteiger partial charge >= 0.3 is 0 Å². The van der Waals surface area contributed by atoms with Crippen molar-refractivity contribution in [3.05, 3.63) is 23.8 Å². The first-order valence-corrected chi connectivity index (χ1v) is 3.73. The maximum Gasteiger partial charge on any atom is 0.164 e. The number of fused-ring (bicyclic) bond motifs is 1. The zero-order valence-corrected chi connectivity index (χ0v) is 6.46. The molecule has 0 radical (unpaired) electrons. The van der Waals surface area contributed by atoms with Crippen LogP contribution in [0.4, 0.5) is 0 Å². The van der Waals surface area contributed by atoms with Gasteiger partial charge in [0.25, 0.3) is 0 Å². The number of para-hydroxylation sites is 1. The SMILES string of the molecule is Cc1cccc2c1OCCO2. The van der Waals surface area contributed by atoms with Crippen LogP contribution < -0.4 is 9.47 Å². The summed E-state index contributed by atoms with van der Waals surface area (Å²) in [6, 6.07) is 5.93. The van der Waals surface area contributed by atoms with Gasteiger partial charge in [-0.15, -0.1) is 0 Å². The molecule has 0 amide bonds. The third-order valence-corrected chi connectivity index (χ3v) is 1.76. The summed E-state index contributed by atoms with van der Waals surface area (Å²) in [4.78, 5) is 0. The van der Waals surface area contributed by atoms with Gasteiger partial charge in [0.2, 0.25) is 0 Å². The van der Waals surface area contributed by atoms with Crippen molar-refractivity contribution in [3.8, 4) is 11.5 Å². The Morgan fingerprint density at radius 3 is 2.82 bits per heavy atom. The summed E-state index contributed by atoms with van der Waals surface area (Å²) in [5, 5.41) is 0. The number of aryl methyl sites for hydroxylation is 1. The summed E-state index contributed by atoms with van der Waals surface area (Å²) in [6.07, 6.45) is 0. The van der Waals surface area contributed by atoms with Gasteiger partial charge in [-0.3, -0.25) is 0 Å². The van der Waals surface area contributed by atoms with Crippen LogP contribution in [0.25, 0.3) is 0 Å². The molecule has 2 heteroatoms. The van der Waals surface area contributed by atoms with Gasteiger partial charge in [0, 0.05) is 0 Å². The van der Waals surface area contributed by atoms with Crippen molar-refractivity contribution in [2.75, 3.05) is 13.2 Å². The highest BCUT2D eigenvalue weighted by atomic mass is 16.6. The normalized spacial score (nSPS) is 14.6. The molecule has 2 rings (SSSR count). The molecule has 0 unspecified atom stereocenters. The zero-order chi connectivity index (χ0) is 7.68. The molecule has 1 aromatic carbocycles. The molecular formula is C9H10O2. The molecule has 0 N–H and O–H groups in total. The molecule has 1 aromatic rings. The van der Waals surface area contributed by atoms with E-state index in [9.17, 15) is 0 Å². The monoisotopic (exact) mass is 150 g/mol. The van der Waals surface area contributed by atoms with E-state index in [4.69, 9.17) is 9.47 Å². The smallest absolute Gasteiger partial charge is 0.164 e. The molecule has 0 spiro atoms. The molecule has 0 aromatic heterocycles. The molecule has 1 heterocycles. The van der Waals surface area contributed by atoms with Gasteiger partial charge in [0.1, 0.15) is 13.2 Å². The Bertz CT molecular complexity index is 268.